The SMILES string of the molecule is CCNC(=NCc1ccc(C)cc1OC1CCOC1)NCCc1csc(CC)n1.I. The third-order valence-corrected chi connectivity index (χ3v) is 5.77. The lowest BCUT2D eigenvalue weighted by atomic mass is 10.1. The van der Waals surface area contributed by atoms with Gasteiger partial charge in [0, 0.05) is 36.9 Å². The average Bonchev–Trinajstić information content (AvgIpc) is 3.39. The van der Waals surface area contributed by atoms with Crippen LogP contribution < -0.4 is 15.4 Å². The Morgan fingerprint density at radius 2 is 2.20 bits per heavy atom. The van der Waals surface area contributed by atoms with Crippen molar-refractivity contribution in [3.63, 3.8) is 0 Å². The predicted octanol–water partition coefficient (Wildman–Crippen LogP) is 4.10. The molecular weight excluding hydrogens is 511 g/mol. The van der Waals surface area contributed by atoms with Gasteiger partial charge in [0.1, 0.15) is 11.9 Å². The Kier molecular flexibility index (Phi) is 10.9. The molecule has 0 saturated carbocycles. The molecule has 166 valence electrons. The van der Waals surface area contributed by atoms with Crippen molar-refractivity contribution >= 4 is 41.3 Å². The summed E-state index contributed by atoms with van der Waals surface area (Å²) in [6, 6.07) is 6.31. The summed E-state index contributed by atoms with van der Waals surface area (Å²) in [6.07, 6.45) is 2.96. The Labute approximate surface area is 200 Å². The van der Waals surface area contributed by atoms with Gasteiger partial charge in [0.25, 0.3) is 0 Å². The van der Waals surface area contributed by atoms with Gasteiger partial charge >= 0.3 is 0 Å². The first-order valence-electron chi connectivity index (χ1n) is 10.5. The molecule has 6 nitrogen and oxygen atoms in total. The van der Waals surface area contributed by atoms with Crippen LogP contribution in [0.15, 0.2) is 28.6 Å². The normalized spacial score (nSPS) is 16.2. The molecule has 1 unspecified atom stereocenters. The maximum atomic E-state index is 6.19. The van der Waals surface area contributed by atoms with Crippen molar-refractivity contribution in [2.45, 2.75) is 52.7 Å². The smallest absolute Gasteiger partial charge is 0.191 e. The molecule has 0 aliphatic carbocycles. The predicted molar refractivity (Wildman–Crippen MR) is 134 cm³/mol. The summed E-state index contributed by atoms with van der Waals surface area (Å²) in [5, 5.41) is 10.1. The van der Waals surface area contributed by atoms with Crippen LogP contribution in [0.1, 0.15) is 42.1 Å². The Bertz CT molecular complexity index is 806. The highest BCUT2D eigenvalue weighted by atomic mass is 127. The van der Waals surface area contributed by atoms with Crippen LogP contribution in [-0.2, 0) is 24.1 Å². The number of nitrogens with zero attached hydrogens (tertiary/aromatic N) is 2. The number of guanidine groups is 1. The summed E-state index contributed by atoms with van der Waals surface area (Å²) >= 11 is 1.73. The fourth-order valence-electron chi connectivity index (χ4n) is 3.13. The van der Waals surface area contributed by atoms with Gasteiger partial charge in [-0.1, -0.05) is 19.1 Å². The highest BCUT2D eigenvalue weighted by Crippen LogP contribution is 2.24. The van der Waals surface area contributed by atoms with Crippen LogP contribution in [0.25, 0.3) is 0 Å². The number of hydrogen-bond donors (Lipinski definition) is 2. The minimum atomic E-state index is 0. The highest BCUT2D eigenvalue weighted by molar-refractivity contribution is 14.0. The summed E-state index contributed by atoms with van der Waals surface area (Å²) in [5.74, 6) is 1.73. The van der Waals surface area contributed by atoms with E-state index in [1.165, 1.54) is 10.6 Å². The van der Waals surface area contributed by atoms with E-state index in [1.54, 1.807) is 11.3 Å². The molecule has 2 N–H and O–H groups in total. The zero-order valence-corrected chi connectivity index (χ0v) is 21.2. The Balaban J connectivity index is 0.00000320. The van der Waals surface area contributed by atoms with Gasteiger partial charge in [0.05, 0.1) is 30.5 Å². The number of benzene rings is 1. The zero-order chi connectivity index (χ0) is 20.5. The van der Waals surface area contributed by atoms with E-state index in [-0.39, 0.29) is 30.1 Å². The number of rotatable bonds is 9. The van der Waals surface area contributed by atoms with Gasteiger partial charge in [-0.15, -0.1) is 35.3 Å². The van der Waals surface area contributed by atoms with Crippen LogP contribution in [0.2, 0.25) is 0 Å². The van der Waals surface area contributed by atoms with Crippen molar-refractivity contribution < 1.29 is 9.47 Å². The van der Waals surface area contributed by atoms with E-state index < -0.39 is 0 Å². The number of hydrogen-bond acceptors (Lipinski definition) is 5. The molecule has 1 aromatic heterocycles. The molecule has 1 aliphatic heterocycles. The second kappa shape index (κ2) is 13.1. The maximum Gasteiger partial charge on any atom is 0.191 e. The van der Waals surface area contributed by atoms with Gasteiger partial charge in [-0.2, -0.15) is 0 Å². The summed E-state index contributed by atoms with van der Waals surface area (Å²) < 4.78 is 11.6. The lowest BCUT2D eigenvalue weighted by Crippen LogP contribution is -2.38. The van der Waals surface area contributed by atoms with E-state index in [0.29, 0.717) is 13.2 Å². The third-order valence-electron chi connectivity index (χ3n) is 4.73. The van der Waals surface area contributed by atoms with Crippen molar-refractivity contribution in [2.24, 2.45) is 4.99 Å². The number of nitrogens with one attached hydrogen (secondary N) is 2. The first kappa shape index (κ1) is 24.9. The van der Waals surface area contributed by atoms with E-state index in [4.69, 9.17) is 14.5 Å². The molecule has 0 amide bonds. The molecule has 3 rings (SSSR count). The van der Waals surface area contributed by atoms with Gasteiger partial charge in [-0.05, 0) is 31.9 Å². The van der Waals surface area contributed by atoms with E-state index in [2.05, 4.69) is 60.0 Å². The standard InChI is InChI=1S/C22H32N4O2S.HI/c1-4-21-26-18(15-29-21)8-10-24-22(23-5-2)25-13-17-7-6-16(3)12-20(17)28-19-9-11-27-14-19;/h6-7,12,15,19H,4-5,8-11,13-14H2,1-3H3,(H2,23,24,25);1H. The molecule has 8 heteroatoms. The van der Waals surface area contributed by atoms with Gasteiger partial charge in [-0.25, -0.2) is 9.98 Å². The third kappa shape index (κ3) is 7.70. The Morgan fingerprint density at radius 3 is 2.90 bits per heavy atom. The molecule has 1 aliphatic rings. The summed E-state index contributed by atoms with van der Waals surface area (Å²) in [7, 11) is 0. The highest BCUT2D eigenvalue weighted by Gasteiger charge is 2.18. The average molecular weight is 545 g/mol. The fraction of sp³-hybridized carbons (Fsp3) is 0.545. The Hall–Kier alpha value is -1.39. The number of halogens is 1. The fourth-order valence-corrected chi connectivity index (χ4v) is 3.91. The molecule has 30 heavy (non-hydrogen) atoms. The van der Waals surface area contributed by atoms with E-state index in [9.17, 15) is 0 Å². The second-order valence-corrected chi connectivity index (χ2v) is 8.12. The minimum Gasteiger partial charge on any atom is -0.488 e. The van der Waals surface area contributed by atoms with Gasteiger partial charge in [-0.3, -0.25) is 0 Å². The van der Waals surface area contributed by atoms with Crippen molar-refractivity contribution in [3.05, 3.63) is 45.4 Å². The number of thiazole rings is 1. The topological polar surface area (TPSA) is 67.8 Å². The summed E-state index contributed by atoms with van der Waals surface area (Å²) in [4.78, 5) is 9.39. The van der Waals surface area contributed by atoms with E-state index in [0.717, 1.165) is 61.9 Å². The molecule has 1 atom stereocenters. The molecule has 1 fully saturated rings. The molecule has 0 radical (unpaired) electrons. The zero-order valence-electron chi connectivity index (χ0n) is 18.1. The lowest BCUT2D eigenvalue weighted by molar-refractivity contribution is 0.140. The van der Waals surface area contributed by atoms with Gasteiger partial charge in [0.15, 0.2) is 5.96 Å². The molecule has 1 saturated heterocycles. The van der Waals surface area contributed by atoms with Crippen LogP contribution in [-0.4, -0.2) is 43.4 Å². The molecule has 0 bridgehead atoms. The molecular formula is C22H33IN4O2S. The van der Waals surface area contributed by atoms with Crippen molar-refractivity contribution in [1.29, 1.82) is 0 Å². The minimum absolute atomic E-state index is 0. The number of aliphatic imine (C=N–C) groups is 1. The van der Waals surface area contributed by atoms with Gasteiger partial charge in [0.2, 0.25) is 0 Å². The summed E-state index contributed by atoms with van der Waals surface area (Å²) in [6.45, 7) is 9.92. The first-order valence-corrected chi connectivity index (χ1v) is 11.3. The van der Waals surface area contributed by atoms with Gasteiger partial charge < -0.3 is 20.1 Å². The van der Waals surface area contributed by atoms with Crippen molar-refractivity contribution in [2.75, 3.05) is 26.3 Å². The van der Waals surface area contributed by atoms with Crippen LogP contribution >= 0.6 is 35.3 Å². The number of aromatic nitrogens is 1. The van der Waals surface area contributed by atoms with Crippen molar-refractivity contribution in [3.8, 4) is 5.75 Å². The molecule has 2 heterocycles. The largest absolute Gasteiger partial charge is 0.488 e. The Morgan fingerprint density at radius 1 is 1.33 bits per heavy atom. The first-order chi connectivity index (χ1) is 14.2. The lowest BCUT2D eigenvalue weighted by Gasteiger charge is -2.16. The number of aryl methyl sites for hydroxylation is 2. The van der Waals surface area contributed by atoms with Crippen molar-refractivity contribution in [1.82, 2.24) is 15.6 Å². The quantitative estimate of drug-likeness (QED) is 0.283. The summed E-state index contributed by atoms with van der Waals surface area (Å²) in [5.41, 5.74) is 3.42. The second-order valence-electron chi connectivity index (χ2n) is 7.17. The van der Waals surface area contributed by atoms with E-state index >= 15 is 0 Å². The van der Waals surface area contributed by atoms with Crippen LogP contribution in [0.3, 0.4) is 0 Å². The van der Waals surface area contributed by atoms with Crippen LogP contribution in [0, 0.1) is 6.92 Å². The van der Waals surface area contributed by atoms with Crippen LogP contribution in [0.4, 0.5) is 0 Å². The molecule has 0 spiro atoms. The molecule has 2 aromatic rings. The monoisotopic (exact) mass is 544 g/mol. The van der Waals surface area contributed by atoms with E-state index in [1.807, 2.05) is 0 Å². The van der Waals surface area contributed by atoms with Crippen LogP contribution in [0.5, 0.6) is 5.75 Å². The molecule has 1 aromatic carbocycles. The maximum absolute atomic E-state index is 6.19. The number of ether oxygens (including phenoxy) is 2.